The van der Waals surface area contributed by atoms with Gasteiger partial charge in [-0.3, -0.25) is 14.6 Å². The van der Waals surface area contributed by atoms with Gasteiger partial charge >= 0.3 is 6.03 Å². The number of nitrogens with zero attached hydrogens (tertiary/aromatic N) is 2. The molecule has 1 heterocycles. The average Bonchev–Trinajstić information content (AvgIpc) is 3.14. The Labute approximate surface area is 193 Å². The molecule has 1 aliphatic heterocycles. The smallest absolute Gasteiger partial charge is 0.332 e. The van der Waals surface area contributed by atoms with Crippen LogP contribution in [0.3, 0.4) is 0 Å². The maximum Gasteiger partial charge on any atom is 0.332 e. The van der Waals surface area contributed by atoms with E-state index in [0.717, 1.165) is 37.5 Å². The Kier molecular flexibility index (Phi) is 6.17. The number of nitrogens with one attached hydrogen (secondary N) is 1. The van der Waals surface area contributed by atoms with Gasteiger partial charge in [-0.2, -0.15) is 0 Å². The molecule has 6 heteroatoms. The molecule has 3 saturated carbocycles. The quantitative estimate of drug-likeness (QED) is 0.581. The number of imide groups is 1. The van der Waals surface area contributed by atoms with Crippen LogP contribution in [0.1, 0.15) is 91.9 Å². The summed E-state index contributed by atoms with van der Waals surface area (Å²) in [7, 11) is 1.70. The topological polar surface area (TPSA) is 52.7 Å². The molecule has 3 amide bonds. The highest BCUT2D eigenvalue weighted by molar-refractivity contribution is 7.80. The number of hydrogen-bond acceptors (Lipinski definition) is 3. The molecule has 0 aromatic carbocycles. The van der Waals surface area contributed by atoms with Crippen molar-refractivity contribution in [3.05, 3.63) is 0 Å². The van der Waals surface area contributed by atoms with Gasteiger partial charge in [-0.15, -0.1) is 0 Å². The first-order valence-corrected chi connectivity index (χ1v) is 12.9. The summed E-state index contributed by atoms with van der Waals surface area (Å²) in [6.45, 7) is 9.04. The number of piperidine rings is 1. The molecule has 1 saturated heterocycles. The average molecular weight is 448 g/mol. The van der Waals surface area contributed by atoms with Crippen LogP contribution in [0.2, 0.25) is 0 Å². The van der Waals surface area contributed by atoms with Gasteiger partial charge < -0.3 is 5.32 Å². The molecule has 2 unspecified atom stereocenters. The van der Waals surface area contributed by atoms with E-state index in [1.54, 1.807) is 11.9 Å². The summed E-state index contributed by atoms with van der Waals surface area (Å²) in [6, 6.07) is -0.0488. The van der Waals surface area contributed by atoms with Crippen molar-refractivity contribution in [1.29, 1.82) is 0 Å². The Morgan fingerprint density at radius 1 is 1.19 bits per heavy atom. The van der Waals surface area contributed by atoms with Gasteiger partial charge in [0.2, 0.25) is 5.91 Å². The molecule has 1 N–H and O–H groups in total. The third-order valence-corrected chi connectivity index (χ3v) is 10.2. The molecule has 0 bridgehead atoms. The molecular formula is C25H41N3O2S. The van der Waals surface area contributed by atoms with Gasteiger partial charge in [0, 0.05) is 25.6 Å². The maximum atomic E-state index is 13.5. The first-order valence-electron chi connectivity index (χ1n) is 12.5. The molecule has 4 rings (SSSR count). The van der Waals surface area contributed by atoms with Crippen molar-refractivity contribution in [2.75, 3.05) is 7.05 Å². The number of thiocarbonyl (C=S) groups is 1. The summed E-state index contributed by atoms with van der Waals surface area (Å²) in [6.07, 6.45) is 11.1. The normalized spacial score (nSPS) is 40.4. The second kappa shape index (κ2) is 8.31. The highest BCUT2D eigenvalue weighted by Gasteiger charge is 2.60. The van der Waals surface area contributed by atoms with E-state index in [1.807, 2.05) is 0 Å². The van der Waals surface area contributed by atoms with Crippen LogP contribution in [-0.2, 0) is 4.79 Å². The third kappa shape index (κ3) is 3.71. The number of likely N-dealkylation sites (tertiary alicyclic amines) is 1. The molecule has 0 spiro atoms. The number of urea groups is 1. The van der Waals surface area contributed by atoms with Crippen LogP contribution in [0.4, 0.5) is 4.79 Å². The fraction of sp³-hybridized carbons (Fsp3) is 0.880. The van der Waals surface area contributed by atoms with Gasteiger partial charge in [0.25, 0.3) is 0 Å². The van der Waals surface area contributed by atoms with Gasteiger partial charge in [-0.05, 0) is 99.1 Å². The molecule has 5 nitrogen and oxygen atoms in total. The molecule has 7 atom stereocenters. The number of carbonyl (C=O) groups excluding carboxylic acids is 2. The summed E-state index contributed by atoms with van der Waals surface area (Å²) >= 11 is 5.49. The lowest BCUT2D eigenvalue weighted by molar-refractivity contribution is -0.153. The van der Waals surface area contributed by atoms with Crippen LogP contribution < -0.4 is 5.32 Å². The molecule has 4 aliphatic rings. The Bertz CT molecular complexity index is 757. The first kappa shape index (κ1) is 23.0. The number of amides is 3. The Balaban J connectivity index is 1.56. The number of rotatable bonds is 2. The van der Waals surface area contributed by atoms with Crippen molar-refractivity contribution in [3.8, 4) is 0 Å². The minimum absolute atomic E-state index is 0.00195. The van der Waals surface area contributed by atoms with Crippen LogP contribution in [0.15, 0.2) is 0 Å². The van der Waals surface area contributed by atoms with Crippen LogP contribution >= 0.6 is 12.2 Å². The lowest BCUT2D eigenvalue weighted by Crippen LogP contribution is -2.65. The lowest BCUT2D eigenvalue weighted by Gasteiger charge is -2.61. The fourth-order valence-corrected chi connectivity index (χ4v) is 8.05. The second-order valence-electron chi connectivity index (χ2n) is 11.4. The predicted molar refractivity (Wildman–Crippen MR) is 128 cm³/mol. The fourth-order valence-electron chi connectivity index (χ4n) is 7.77. The second-order valence-corrected chi connectivity index (χ2v) is 11.8. The SMILES string of the molecule is CCC(C)NC(=S)N(C)C(=O)N1C(=O)CC[C@@]2(C)C1CC[C@@H]1[C@H]2CC[C@]2(C)CCC[C@@H]12. The minimum Gasteiger partial charge on any atom is -0.360 e. The maximum absolute atomic E-state index is 13.5. The monoisotopic (exact) mass is 447 g/mol. The van der Waals surface area contributed by atoms with Crippen molar-refractivity contribution in [2.45, 2.75) is 104 Å². The molecule has 174 valence electrons. The van der Waals surface area contributed by atoms with Gasteiger partial charge in [-0.1, -0.05) is 27.2 Å². The van der Waals surface area contributed by atoms with E-state index in [1.165, 1.54) is 37.0 Å². The Morgan fingerprint density at radius 3 is 2.65 bits per heavy atom. The van der Waals surface area contributed by atoms with Crippen LogP contribution in [0.5, 0.6) is 0 Å². The van der Waals surface area contributed by atoms with Crippen molar-refractivity contribution in [1.82, 2.24) is 15.1 Å². The van der Waals surface area contributed by atoms with Crippen molar-refractivity contribution in [3.63, 3.8) is 0 Å². The summed E-state index contributed by atoms with van der Waals surface area (Å²) in [5.41, 5.74) is 0.557. The van der Waals surface area contributed by atoms with E-state index in [-0.39, 0.29) is 29.4 Å². The number of carbonyl (C=O) groups is 2. The zero-order valence-corrected chi connectivity index (χ0v) is 20.9. The summed E-state index contributed by atoms with van der Waals surface area (Å²) in [5.74, 6) is 2.20. The molecule has 31 heavy (non-hydrogen) atoms. The van der Waals surface area contributed by atoms with Gasteiger partial charge in [0.05, 0.1) is 0 Å². The van der Waals surface area contributed by atoms with Crippen LogP contribution in [0.25, 0.3) is 0 Å². The molecule has 0 radical (unpaired) electrons. The van der Waals surface area contributed by atoms with Crippen molar-refractivity contribution >= 4 is 29.3 Å². The largest absolute Gasteiger partial charge is 0.360 e. The van der Waals surface area contributed by atoms with Gasteiger partial charge in [0.15, 0.2) is 5.11 Å². The zero-order valence-electron chi connectivity index (χ0n) is 20.1. The van der Waals surface area contributed by atoms with Gasteiger partial charge in [-0.25, -0.2) is 4.79 Å². The summed E-state index contributed by atoms with van der Waals surface area (Å²) in [5, 5.41) is 3.63. The standard InChI is InChI=1S/C25H41N3O2S/c1-6-16(2)26-22(31)27(5)23(30)28-20-10-9-17-18-8-7-13-24(18,3)14-11-19(17)25(20,4)15-12-21(28)29/h16-20H,6-15H2,1-5H3,(H,26,31)/t16?,17-,18-,19+,20?,24-,25+/m0/s1. The first-order chi connectivity index (χ1) is 14.6. The molecule has 0 aromatic rings. The highest BCUT2D eigenvalue weighted by Crippen LogP contribution is 2.64. The van der Waals surface area contributed by atoms with E-state index in [2.05, 4.69) is 33.0 Å². The van der Waals surface area contributed by atoms with E-state index >= 15 is 0 Å². The molecule has 0 aromatic heterocycles. The number of hydrogen-bond donors (Lipinski definition) is 1. The van der Waals surface area contributed by atoms with Crippen molar-refractivity contribution in [2.24, 2.45) is 28.6 Å². The predicted octanol–water partition coefficient (Wildman–Crippen LogP) is 5.33. The van der Waals surface area contributed by atoms with Crippen LogP contribution in [0, 0.1) is 28.6 Å². The van der Waals surface area contributed by atoms with Crippen LogP contribution in [-0.4, -0.2) is 46.0 Å². The third-order valence-electron chi connectivity index (χ3n) is 9.84. The zero-order chi connectivity index (χ0) is 22.6. The summed E-state index contributed by atoms with van der Waals surface area (Å²) in [4.78, 5) is 29.6. The van der Waals surface area contributed by atoms with E-state index in [9.17, 15) is 9.59 Å². The minimum atomic E-state index is -0.248. The number of fused-ring (bicyclic) bond motifs is 5. The molecular weight excluding hydrogens is 406 g/mol. The van der Waals surface area contributed by atoms with Crippen molar-refractivity contribution < 1.29 is 9.59 Å². The molecule has 3 aliphatic carbocycles. The lowest BCUT2D eigenvalue weighted by atomic mass is 9.47. The van der Waals surface area contributed by atoms with E-state index in [0.29, 0.717) is 22.9 Å². The Hall–Kier alpha value is -1.17. The van der Waals surface area contributed by atoms with E-state index < -0.39 is 0 Å². The van der Waals surface area contributed by atoms with Gasteiger partial charge in [0.1, 0.15) is 0 Å². The molecule has 4 fully saturated rings. The Morgan fingerprint density at radius 2 is 1.94 bits per heavy atom. The summed E-state index contributed by atoms with van der Waals surface area (Å²) < 4.78 is 0. The van der Waals surface area contributed by atoms with E-state index in [4.69, 9.17) is 12.2 Å². The highest BCUT2D eigenvalue weighted by atomic mass is 32.1.